The molecular weight excluding hydrogens is 615 g/mol. The standard InChI is InChI=1S/C29H21N.C21H18/c1-29(2)27-10-6-5-9-25(27)26-16-14-22(18-28(26)29)30-21-13-15-24-20(17-21)12-11-19-7-3-4-8-23(19)24;1-21(2)18-13-7-6-11-17(18)20-16(12-8-14-19(20)21)15-9-4-3-5-10-15/h3-10,13-18,30H,1-2H3;3-14H,1-2H3. The topological polar surface area (TPSA) is 12.0 Å². The molecule has 0 fully saturated rings. The first kappa shape index (κ1) is 30.9. The van der Waals surface area contributed by atoms with Crippen LogP contribution in [-0.2, 0) is 10.8 Å². The molecule has 10 rings (SSSR count). The minimum absolute atomic E-state index is 0.00859. The summed E-state index contributed by atoms with van der Waals surface area (Å²) in [4.78, 5) is 0. The molecule has 2 aliphatic carbocycles. The first-order chi connectivity index (χ1) is 24.8. The van der Waals surface area contributed by atoms with Gasteiger partial charge in [-0.15, -0.1) is 0 Å². The van der Waals surface area contributed by atoms with Gasteiger partial charge in [-0.3, -0.25) is 0 Å². The third kappa shape index (κ3) is 5.02. The van der Waals surface area contributed by atoms with Crippen LogP contribution in [0.15, 0.2) is 158 Å². The van der Waals surface area contributed by atoms with Crippen molar-refractivity contribution in [2.24, 2.45) is 0 Å². The van der Waals surface area contributed by atoms with Crippen molar-refractivity contribution in [2.75, 3.05) is 5.32 Å². The molecule has 8 aromatic carbocycles. The molecule has 0 unspecified atom stereocenters. The zero-order chi connectivity index (χ0) is 34.7. The largest absolute Gasteiger partial charge is 0.355 e. The summed E-state index contributed by atoms with van der Waals surface area (Å²) in [6.45, 7) is 9.28. The van der Waals surface area contributed by atoms with Crippen molar-refractivity contribution in [1.29, 1.82) is 0 Å². The Bertz CT molecular complexity index is 2610. The third-order valence-electron chi connectivity index (χ3n) is 11.1. The average Bonchev–Trinajstić information content (AvgIpc) is 3.55. The normalized spacial score (nSPS) is 14.0. The van der Waals surface area contributed by atoms with Crippen molar-refractivity contribution in [3.63, 3.8) is 0 Å². The van der Waals surface area contributed by atoms with E-state index in [4.69, 9.17) is 0 Å². The Labute approximate surface area is 301 Å². The molecule has 0 aliphatic heterocycles. The Hall–Kier alpha value is -6.10. The van der Waals surface area contributed by atoms with E-state index in [1.54, 1.807) is 0 Å². The molecule has 0 amide bonds. The quantitative estimate of drug-likeness (QED) is 0.200. The van der Waals surface area contributed by atoms with E-state index in [1.165, 1.54) is 66.4 Å². The number of anilines is 2. The Kier molecular flexibility index (Phi) is 7.13. The van der Waals surface area contributed by atoms with Crippen LogP contribution in [0.3, 0.4) is 0 Å². The lowest BCUT2D eigenvalue weighted by atomic mass is 9.82. The first-order valence-corrected chi connectivity index (χ1v) is 17.9. The monoisotopic (exact) mass is 653 g/mol. The highest BCUT2D eigenvalue weighted by Crippen LogP contribution is 2.52. The molecule has 1 nitrogen and oxygen atoms in total. The summed E-state index contributed by atoms with van der Waals surface area (Å²) in [5.41, 5.74) is 16.0. The highest BCUT2D eigenvalue weighted by atomic mass is 14.9. The second-order valence-corrected chi connectivity index (χ2v) is 14.9. The number of fused-ring (bicyclic) bond motifs is 9. The lowest BCUT2D eigenvalue weighted by Gasteiger charge is -2.22. The molecule has 0 spiro atoms. The van der Waals surface area contributed by atoms with Crippen LogP contribution in [0.2, 0.25) is 0 Å². The molecule has 0 saturated carbocycles. The Morgan fingerprint density at radius 2 is 0.941 bits per heavy atom. The Balaban J connectivity index is 0.000000146. The van der Waals surface area contributed by atoms with Crippen LogP contribution in [0, 0.1) is 12.1 Å². The fraction of sp³-hybridized carbons (Fsp3) is 0.120. The van der Waals surface area contributed by atoms with Crippen LogP contribution in [0.5, 0.6) is 0 Å². The van der Waals surface area contributed by atoms with Crippen molar-refractivity contribution < 1.29 is 0 Å². The van der Waals surface area contributed by atoms with Gasteiger partial charge in [-0.1, -0.05) is 167 Å². The maximum Gasteiger partial charge on any atom is 0.0397 e. The zero-order valence-electron chi connectivity index (χ0n) is 29.5. The van der Waals surface area contributed by atoms with E-state index >= 15 is 0 Å². The minimum Gasteiger partial charge on any atom is -0.355 e. The first-order valence-electron chi connectivity index (χ1n) is 17.9. The maximum atomic E-state index is 3.60. The summed E-state index contributed by atoms with van der Waals surface area (Å²) in [6.07, 6.45) is 0. The van der Waals surface area contributed by atoms with E-state index in [1.807, 2.05) is 6.07 Å². The molecule has 51 heavy (non-hydrogen) atoms. The van der Waals surface area contributed by atoms with Gasteiger partial charge in [-0.25, -0.2) is 0 Å². The third-order valence-corrected chi connectivity index (χ3v) is 11.1. The van der Waals surface area contributed by atoms with Gasteiger partial charge in [-0.2, -0.15) is 0 Å². The van der Waals surface area contributed by atoms with E-state index in [2.05, 4.69) is 197 Å². The van der Waals surface area contributed by atoms with E-state index in [-0.39, 0.29) is 10.8 Å². The minimum atomic E-state index is 0.00859. The fourth-order valence-electron chi connectivity index (χ4n) is 8.48. The molecule has 0 atom stereocenters. The lowest BCUT2D eigenvalue weighted by Crippen LogP contribution is -2.15. The smallest absolute Gasteiger partial charge is 0.0397 e. The van der Waals surface area contributed by atoms with Crippen molar-refractivity contribution in [1.82, 2.24) is 0 Å². The maximum absolute atomic E-state index is 3.60. The van der Waals surface area contributed by atoms with E-state index in [0.29, 0.717) is 0 Å². The number of rotatable bonds is 3. The molecule has 0 heterocycles. The average molecular weight is 654 g/mol. The summed E-state index contributed by atoms with van der Waals surface area (Å²) < 4.78 is 0. The summed E-state index contributed by atoms with van der Waals surface area (Å²) >= 11 is 0. The molecule has 0 radical (unpaired) electrons. The molecule has 1 N–H and O–H groups in total. The van der Waals surface area contributed by atoms with Gasteiger partial charge in [0.25, 0.3) is 0 Å². The van der Waals surface area contributed by atoms with Crippen LogP contribution in [0.25, 0.3) is 54.9 Å². The van der Waals surface area contributed by atoms with Gasteiger partial charge in [-0.05, 0) is 96.7 Å². The molecular formula is C50H39N. The number of hydrogen-bond donors (Lipinski definition) is 1. The van der Waals surface area contributed by atoms with Crippen molar-refractivity contribution >= 4 is 32.9 Å². The van der Waals surface area contributed by atoms with Crippen LogP contribution in [0.4, 0.5) is 11.4 Å². The molecule has 0 aromatic heterocycles. The van der Waals surface area contributed by atoms with E-state index in [0.717, 1.165) is 22.1 Å². The number of nitrogens with one attached hydrogen (secondary N) is 1. The highest BCUT2D eigenvalue weighted by molar-refractivity contribution is 6.06. The summed E-state index contributed by atoms with van der Waals surface area (Å²) in [7, 11) is 0. The molecule has 0 saturated heterocycles. The van der Waals surface area contributed by atoms with Crippen LogP contribution >= 0.6 is 0 Å². The SMILES string of the molecule is CC1(C)c2ccccc2-c2c(-c3ccccc3)cccc21.CC1(C)c2ccccc2-c2ccc(Nc3ccc4c(c#cc5ccccc54)c3)cc21. The van der Waals surface area contributed by atoms with Gasteiger partial charge in [0, 0.05) is 33.0 Å². The van der Waals surface area contributed by atoms with Gasteiger partial charge >= 0.3 is 0 Å². The van der Waals surface area contributed by atoms with Gasteiger partial charge in [0.1, 0.15) is 0 Å². The Morgan fingerprint density at radius 1 is 0.392 bits per heavy atom. The molecule has 244 valence electrons. The van der Waals surface area contributed by atoms with Crippen LogP contribution < -0.4 is 5.32 Å². The summed E-state index contributed by atoms with van der Waals surface area (Å²) in [5, 5.41) is 8.21. The number of benzene rings is 7. The van der Waals surface area contributed by atoms with Crippen LogP contribution in [0.1, 0.15) is 49.9 Å². The predicted molar refractivity (Wildman–Crippen MR) is 216 cm³/mol. The highest BCUT2D eigenvalue weighted by Gasteiger charge is 2.37. The lowest BCUT2D eigenvalue weighted by molar-refractivity contribution is 0.660. The van der Waals surface area contributed by atoms with Gasteiger partial charge in [0.2, 0.25) is 0 Å². The van der Waals surface area contributed by atoms with Crippen LogP contribution in [-0.4, -0.2) is 0 Å². The molecule has 0 bridgehead atoms. The number of hydrogen-bond acceptors (Lipinski definition) is 1. The second kappa shape index (κ2) is 11.8. The fourth-order valence-corrected chi connectivity index (χ4v) is 8.48. The Morgan fingerprint density at radius 3 is 1.76 bits per heavy atom. The van der Waals surface area contributed by atoms with Crippen molar-refractivity contribution in [3.05, 3.63) is 192 Å². The van der Waals surface area contributed by atoms with Crippen molar-refractivity contribution in [2.45, 2.75) is 38.5 Å². The molecule has 8 aromatic rings. The summed E-state index contributed by atoms with van der Waals surface area (Å²) in [6, 6.07) is 63.1. The predicted octanol–water partition coefficient (Wildman–Crippen LogP) is 13.3. The second-order valence-electron chi connectivity index (χ2n) is 14.9. The van der Waals surface area contributed by atoms with E-state index in [9.17, 15) is 0 Å². The summed E-state index contributed by atoms with van der Waals surface area (Å²) in [5.74, 6) is 0. The zero-order valence-corrected chi connectivity index (χ0v) is 29.5. The molecule has 1 heteroatoms. The van der Waals surface area contributed by atoms with Crippen molar-refractivity contribution in [3.8, 4) is 33.4 Å². The van der Waals surface area contributed by atoms with Gasteiger partial charge < -0.3 is 5.32 Å². The van der Waals surface area contributed by atoms with E-state index < -0.39 is 0 Å². The molecule has 2 aliphatic rings. The van der Waals surface area contributed by atoms with Gasteiger partial charge in [0.15, 0.2) is 0 Å². The van der Waals surface area contributed by atoms with Gasteiger partial charge in [0.05, 0.1) is 0 Å².